The van der Waals surface area contributed by atoms with E-state index in [2.05, 4.69) is 20.9 Å². The van der Waals surface area contributed by atoms with Crippen molar-refractivity contribution >= 4 is 15.9 Å². The van der Waals surface area contributed by atoms with Gasteiger partial charge in [0.1, 0.15) is 5.82 Å². The molecule has 0 saturated carbocycles. The SMILES string of the molecule is NCC(c1cccnc1)C(O)c1cccc(F)c1Br. The molecule has 100 valence electrons. The summed E-state index contributed by atoms with van der Waals surface area (Å²) in [6.07, 6.45) is 2.43. The summed E-state index contributed by atoms with van der Waals surface area (Å²) in [5.41, 5.74) is 7.05. The first kappa shape index (κ1) is 14.1. The molecular formula is C14H14BrFN2O. The van der Waals surface area contributed by atoms with E-state index in [0.717, 1.165) is 5.56 Å². The van der Waals surface area contributed by atoms with E-state index in [1.807, 2.05) is 6.07 Å². The summed E-state index contributed by atoms with van der Waals surface area (Å²) in [5.74, 6) is -0.731. The number of aliphatic hydroxyl groups is 1. The average Bonchev–Trinajstić information content (AvgIpc) is 2.44. The monoisotopic (exact) mass is 324 g/mol. The highest BCUT2D eigenvalue weighted by Gasteiger charge is 2.24. The smallest absolute Gasteiger partial charge is 0.137 e. The molecule has 0 aliphatic rings. The van der Waals surface area contributed by atoms with E-state index in [9.17, 15) is 9.50 Å². The normalized spacial score (nSPS) is 14.1. The Hall–Kier alpha value is -1.30. The van der Waals surface area contributed by atoms with Crippen LogP contribution in [0.15, 0.2) is 47.2 Å². The minimum absolute atomic E-state index is 0.246. The molecule has 0 amide bonds. The van der Waals surface area contributed by atoms with Gasteiger partial charge in [-0.3, -0.25) is 4.98 Å². The summed E-state index contributed by atoms with van der Waals surface area (Å²) in [6, 6.07) is 8.21. The highest BCUT2D eigenvalue weighted by Crippen LogP contribution is 2.34. The van der Waals surface area contributed by atoms with Crippen LogP contribution >= 0.6 is 15.9 Å². The van der Waals surface area contributed by atoms with Gasteiger partial charge in [-0.15, -0.1) is 0 Å². The van der Waals surface area contributed by atoms with Crippen LogP contribution in [-0.2, 0) is 0 Å². The maximum absolute atomic E-state index is 13.5. The fourth-order valence-electron chi connectivity index (χ4n) is 2.01. The van der Waals surface area contributed by atoms with E-state index in [-0.39, 0.29) is 16.9 Å². The number of aliphatic hydroxyl groups excluding tert-OH is 1. The van der Waals surface area contributed by atoms with Crippen molar-refractivity contribution in [3.05, 3.63) is 64.1 Å². The molecule has 3 nitrogen and oxygen atoms in total. The summed E-state index contributed by atoms with van der Waals surface area (Å²) in [6.45, 7) is 0.246. The molecule has 19 heavy (non-hydrogen) atoms. The van der Waals surface area contributed by atoms with Gasteiger partial charge in [0.05, 0.1) is 10.6 Å². The second-order valence-electron chi connectivity index (χ2n) is 4.22. The summed E-state index contributed by atoms with van der Waals surface area (Å²) in [4.78, 5) is 4.02. The first-order valence-corrected chi connectivity index (χ1v) is 6.66. The fraction of sp³-hybridized carbons (Fsp3) is 0.214. The molecule has 0 saturated heterocycles. The Kier molecular flexibility index (Phi) is 4.63. The van der Waals surface area contributed by atoms with Crippen LogP contribution in [0.1, 0.15) is 23.1 Å². The standard InChI is InChI=1S/C14H14BrFN2O/c15-13-10(4-1-5-12(13)16)14(19)11(7-17)9-3-2-6-18-8-9/h1-6,8,11,14,19H,7,17H2. The highest BCUT2D eigenvalue weighted by molar-refractivity contribution is 9.10. The van der Waals surface area contributed by atoms with Crippen LogP contribution in [0.2, 0.25) is 0 Å². The number of nitrogens with zero attached hydrogens (tertiary/aromatic N) is 1. The van der Waals surface area contributed by atoms with Crippen LogP contribution in [-0.4, -0.2) is 16.6 Å². The van der Waals surface area contributed by atoms with Gasteiger partial charge in [-0.05, 0) is 39.2 Å². The van der Waals surface area contributed by atoms with Crippen LogP contribution < -0.4 is 5.73 Å². The summed E-state index contributed by atoms with van der Waals surface area (Å²) in [5, 5.41) is 10.4. The van der Waals surface area contributed by atoms with Gasteiger partial charge >= 0.3 is 0 Å². The van der Waals surface area contributed by atoms with Crippen molar-refractivity contribution in [3.63, 3.8) is 0 Å². The summed E-state index contributed by atoms with van der Waals surface area (Å²) < 4.78 is 13.8. The van der Waals surface area contributed by atoms with Gasteiger partial charge in [0.25, 0.3) is 0 Å². The van der Waals surface area contributed by atoms with Gasteiger partial charge < -0.3 is 10.8 Å². The largest absolute Gasteiger partial charge is 0.388 e. The van der Waals surface area contributed by atoms with Crippen LogP contribution in [0, 0.1) is 5.82 Å². The molecule has 2 atom stereocenters. The van der Waals surface area contributed by atoms with Gasteiger partial charge in [0.2, 0.25) is 0 Å². The van der Waals surface area contributed by atoms with Crippen LogP contribution in [0.5, 0.6) is 0 Å². The summed E-state index contributed by atoms with van der Waals surface area (Å²) >= 11 is 3.16. The van der Waals surface area contributed by atoms with E-state index in [0.29, 0.717) is 5.56 Å². The van der Waals surface area contributed by atoms with E-state index in [1.54, 1.807) is 30.6 Å². The third-order valence-electron chi connectivity index (χ3n) is 3.05. The van der Waals surface area contributed by atoms with Crippen molar-refractivity contribution in [2.75, 3.05) is 6.54 Å². The Balaban J connectivity index is 2.36. The van der Waals surface area contributed by atoms with E-state index < -0.39 is 11.9 Å². The minimum atomic E-state index is -0.890. The number of benzene rings is 1. The van der Waals surface area contributed by atoms with Crippen LogP contribution in [0.3, 0.4) is 0 Å². The first-order valence-electron chi connectivity index (χ1n) is 5.87. The number of hydrogen-bond acceptors (Lipinski definition) is 3. The predicted molar refractivity (Wildman–Crippen MR) is 75.1 cm³/mol. The van der Waals surface area contributed by atoms with Crippen molar-refractivity contribution in [1.29, 1.82) is 0 Å². The lowest BCUT2D eigenvalue weighted by atomic mass is 9.90. The first-order chi connectivity index (χ1) is 9.15. The zero-order valence-corrected chi connectivity index (χ0v) is 11.7. The number of rotatable bonds is 4. The van der Waals surface area contributed by atoms with Crippen molar-refractivity contribution in [2.45, 2.75) is 12.0 Å². The second-order valence-corrected chi connectivity index (χ2v) is 5.01. The maximum atomic E-state index is 13.5. The molecular weight excluding hydrogens is 311 g/mol. The van der Waals surface area contributed by atoms with E-state index >= 15 is 0 Å². The molecule has 0 radical (unpaired) electrons. The molecule has 2 unspecified atom stereocenters. The van der Waals surface area contributed by atoms with Crippen LogP contribution in [0.4, 0.5) is 4.39 Å². The van der Waals surface area contributed by atoms with Gasteiger partial charge in [-0.2, -0.15) is 0 Å². The second kappa shape index (κ2) is 6.23. The number of pyridine rings is 1. The number of nitrogens with two attached hydrogens (primary N) is 1. The third-order valence-corrected chi connectivity index (χ3v) is 3.88. The summed E-state index contributed by atoms with van der Waals surface area (Å²) in [7, 11) is 0. The van der Waals surface area contributed by atoms with Crippen LogP contribution in [0.25, 0.3) is 0 Å². The molecule has 2 aromatic rings. The Morgan fingerprint density at radius 2 is 2.11 bits per heavy atom. The Morgan fingerprint density at radius 3 is 2.74 bits per heavy atom. The predicted octanol–water partition coefficient (Wildman–Crippen LogP) is 2.76. The molecule has 3 N–H and O–H groups in total. The zero-order valence-electron chi connectivity index (χ0n) is 10.1. The van der Waals surface area contributed by atoms with Crippen molar-refractivity contribution < 1.29 is 9.50 Å². The molecule has 0 aliphatic heterocycles. The van der Waals surface area contributed by atoms with Gasteiger partial charge in [0, 0.05) is 24.9 Å². The number of halogens is 2. The Bertz CT molecular complexity index is 550. The van der Waals surface area contributed by atoms with Crippen molar-refractivity contribution in [1.82, 2.24) is 4.98 Å². The van der Waals surface area contributed by atoms with Gasteiger partial charge in [-0.1, -0.05) is 18.2 Å². The topological polar surface area (TPSA) is 59.1 Å². The lowest BCUT2D eigenvalue weighted by molar-refractivity contribution is 0.146. The number of aromatic nitrogens is 1. The lowest BCUT2D eigenvalue weighted by Crippen LogP contribution is -2.20. The number of hydrogen-bond donors (Lipinski definition) is 2. The average molecular weight is 325 g/mol. The van der Waals surface area contributed by atoms with E-state index in [1.165, 1.54) is 6.07 Å². The van der Waals surface area contributed by atoms with E-state index in [4.69, 9.17) is 5.73 Å². The van der Waals surface area contributed by atoms with Gasteiger partial charge in [0.15, 0.2) is 0 Å². The quantitative estimate of drug-likeness (QED) is 0.909. The van der Waals surface area contributed by atoms with Crippen molar-refractivity contribution in [3.8, 4) is 0 Å². The Labute approximate surface area is 119 Å². The maximum Gasteiger partial charge on any atom is 0.137 e. The molecule has 5 heteroatoms. The highest BCUT2D eigenvalue weighted by atomic mass is 79.9. The Morgan fingerprint density at radius 1 is 1.32 bits per heavy atom. The molecule has 0 fully saturated rings. The molecule has 0 aliphatic carbocycles. The van der Waals surface area contributed by atoms with Crippen molar-refractivity contribution in [2.24, 2.45) is 5.73 Å². The molecule has 1 heterocycles. The zero-order chi connectivity index (χ0) is 13.8. The van der Waals surface area contributed by atoms with Gasteiger partial charge in [-0.25, -0.2) is 4.39 Å². The third kappa shape index (κ3) is 3.00. The molecule has 2 rings (SSSR count). The molecule has 0 spiro atoms. The molecule has 1 aromatic heterocycles. The molecule has 1 aromatic carbocycles. The lowest BCUT2D eigenvalue weighted by Gasteiger charge is -2.23. The minimum Gasteiger partial charge on any atom is -0.388 e. The molecule has 0 bridgehead atoms. The fourth-order valence-corrected chi connectivity index (χ4v) is 2.51.